The van der Waals surface area contributed by atoms with Gasteiger partial charge in [-0.2, -0.15) is 0 Å². The number of carbonyl (C=O) groups excluding carboxylic acids is 1. The smallest absolute Gasteiger partial charge is 0.341 e. The SMILES string of the molecule is CC[C@H](C)CCCOC(=O)c1ccc(O)cc1F. The number of halogens is 1. The molecule has 0 radical (unpaired) electrons. The summed E-state index contributed by atoms with van der Waals surface area (Å²) < 4.78 is 18.3. The second-order valence-electron chi connectivity index (χ2n) is 4.46. The predicted octanol–water partition coefficient (Wildman–Crippen LogP) is 3.51. The first kappa shape index (κ1) is 14.5. The van der Waals surface area contributed by atoms with Gasteiger partial charge in [0, 0.05) is 6.07 Å². The number of phenolic OH excluding ortho intramolecular Hbond substituents is 1. The maximum atomic E-state index is 13.3. The minimum atomic E-state index is -0.762. The van der Waals surface area contributed by atoms with Gasteiger partial charge in [-0.15, -0.1) is 0 Å². The van der Waals surface area contributed by atoms with Crippen LogP contribution in [0.3, 0.4) is 0 Å². The van der Waals surface area contributed by atoms with Gasteiger partial charge in [0.1, 0.15) is 11.6 Å². The van der Waals surface area contributed by atoms with Gasteiger partial charge in [-0.05, 0) is 30.9 Å². The van der Waals surface area contributed by atoms with Gasteiger partial charge < -0.3 is 9.84 Å². The highest BCUT2D eigenvalue weighted by Crippen LogP contribution is 2.16. The van der Waals surface area contributed by atoms with Crippen molar-refractivity contribution in [1.82, 2.24) is 0 Å². The Morgan fingerprint density at radius 1 is 1.50 bits per heavy atom. The van der Waals surface area contributed by atoms with Gasteiger partial charge in [-0.3, -0.25) is 0 Å². The van der Waals surface area contributed by atoms with E-state index in [4.69, 9.17) is 9.84 Å². The van der Waals surface area contributed by atoms with Crippen LogP contribution in [0.2, 0.25) is 0 Å². The summed E-state index contributed by atoms with van der Waals surface area (Å²) in [6.45, 7) is 4.55. The van der Waals surface area contributed by atoms with Crippen molar-refractivity contribution in [3.8, 4) is 5.75 Å². The fraction of sp³-hybridized carbons (Fsp3) is 0.500. The number of rotatable bonds is 6. The Morgan fingerprint density at radius 3 is 2.83 bits per heavy atom. The molecule has 0 bridgehead atoms. The molecule has 0 aromatic heterocycles. The van der Waals surface area contributed by atoms with Crippen molar-refractivity contribution in [3.63, 3.8) is 0 Å². The zero-order valence-electron chi connectivity index (χ0n) is 10.8. The second kappa shape index (κ2) is 6.99. The number of hydrogen-bond acceptors (Lipinski definition) is 3. The van der Waals surface area contributed by atoms with E-state index in [9.17, 15) is 9.18 Å². The summed E-state index contributed by atoms with van der Waals surface area (Å²) in [5, 5.41) is 9.03. The Morgan fingerprint density at radius 2 is 2.22 bits per heavy atom. The lowest BCUT2D eigenvalue weighted by molar-refractivity contribution is 0.0488. The van der Waals surface area contributed by atoms with Crippen LogP contribution >= 0.6 is 0 Å². The van der Waals surface area contributed by atoms with Crippen molar-refractivity contribution in [2.45, 2.75) is 33.1 Å². The summed E-state index contributed by atoms with van der Waals surface area (Å²) in [5.41, 5.74) is -0.142. The molecular weight excluding hydrogens is 235 g/mol. The van der Waals surface area contributed by atoms with Gasteiger partial charge in [0.15, 0.2) is 0 Å². The van der Waals surface area contributed by atoms with E-state index < -0.39 is 11.8 Å². The maximum absolute atomic E-state index is 13.3. The summed E-state index contributed by atoms with van der Waals surface area (Å²) in [4.78, 5) is 11.5. The van der Waals surface area contributed by atoms with Gasteiger partial charge in [0.25, 0.3) is 0 Å². The molecule has 100 valence electrons. The molecular formula is C14H19FO3. The lowest BCUT2D eigenvalue weighted by Gasteiger charge is -2.09. The molecule has 1 aromatic rings. The molecule has 0 aliphatic rings. The van der Waals surface area contributed by atoms with Crippen LogP contribution in [0.25, 0.3) is 0 Å². The first-order valence-electron chi connectivity index (χ1n) is 6.20. The molecule has 3 nitrogen and oxygen atoms in total. The molecule has 0 spiro atoms. The fourth-order valence-electron chi connectivity index (χ4n) is 1.55. The Balaban J connectivity index is 2.41. The first-order chi connectivity index (χ1) is 8.54. The van der Waals surface area contributed by atoms with Crippen molar-refractivity contribution in [2.75, 3.05) is 6.61 Å². The maximum Gasteiger partial charge on any atom is 0.341 e. The first-order valence-corrected chi connectivity index (χ1v) is 6.20. The standard InChI is InChI=1S/C14H19FO3/c1-3-10(2)5-4-8-18-14(17)12-7-6-11(16)9-13(12)15/h6-7,9-10,16H,3-5,8H2,1-2H3/t10-/m0/s1. The molecule has 0 amide bonds. The molecule has 0 unspecified atom stereocenters. The summed E-state index contributed by atoms with van der Waals surface area (Å²) >= 11 is 0. The molecule has 1 atom stereocenters. The molecule has 1 N–H and O–H groups in total. The van der Waals surface area contributed by atoms with Crippen LogP contribution in [0.4, 0.5) is 4.39 Å². The van der Waals surface area contributed by atoms with Crippen LogP contribution in [0.1, 0.15) is 43.5 Å². The minimum Gasteiger partial charge on any atom is -0.508 e. The quantitative estimate of drug-likeness (QED) is 0.624. The molecule has 1 aromatic carbocycles. The summed E-state index contributed by atoms with van der Waals surface area (Å²) in [5.74, 6) is -1.05. The van der Waals surface area contributed by atoms with Crippen LogP contribution in [-0.2, 0) is 4.74 Å². The number of esters is 1. The zero-order chi connectivity index (χ0) is 13.5. The van der Waals surface area contributed by atoms with E-state index >= 15 is 0 Å². The average Bonchev–Trinajstić information content (AvgIpc) is 2.34. The zero-order valence-corrected chi connectivity index (χ0v) is 10.8. The highest BCUT2D eigenvalue weighted by Gasteiger charge is 2.13. The van der Waals surface area contributed by atoms with E-state index in [2.05, 4.69) is 13.8 Å². The largest absolute Gasteiger partial charge is 0.508 e. The van der Waals surface area contributed by atoms with Crippen molar-refractivity contribution in [2.24, 2.45) is 5.92 Å². The lowest BCUT2D eigenvalue weighted by Crippen LogP contribution is -2.09. The van der Waals surface area contributed by atoms with Gasteiger partial charge in [-0.25, -0.2) is 9.18 Å². The number of hydrogen-bond donors (Lipinski definition) is 1. The summed E-state index contributed by atoms with van der Waals surface area (Å²) in [6.07, 6.45) is 2.86. The van der Waals surface area contributed by atoms with Crippen molar-refractivity contribution in [3.05, 3.63) is 29.6 Å². The van der Waals surface area contributed by atoms with E-state index in [-0.39, 0.29) is 11.3 Å². The van der Waals surface area contributed by atoms with E-state index in [1.807, 2.05) is 0 Å². The Hall–Kier alpha value is -1.58. The van der Waals surface area contributed by atoms with Crippen molar-refractivity contribution < 1.29 is 19.0 Å². The molecule has 18 heavy (non-hydrogen) atoms. The Labute approximate surface area is 107 Å². The van der Waals surface area contributed by atoms with Crippen LogP contribution in [0.5, 0.6) is 5.75 Å². The number of ether oxygens (including phenoxy) is 1. The van der Waals surface area contributed by atoms with Crippen LogP contribution in [0.15, 0.2) is 18.2 Å². The summed E-state index contributed by atoms with van der Waals surface area (Å²) in [7, 11) is 0. The van der Waals surface area contributed by atoms with Gasteiger partial charge in [0.2, 0.25) is 0 Å². The molecule has 0 heterocycles. The minimum absolute atomic E-state index is 0.142. The third-order valence-electron chi connectivity index (χ3n) is 2.94. The van der Waals surface area contributed by atoms with Crippen molar-refractivity contribution >= 4 is 5.97 Å². The topological polar surface area (TPSA) is 46.5 Å². The second-order valence-corrected chi connectivity index (χ2v) is 4.46. The molecule has 0 fully saturated rings. The molecule has 0 saturated carbocycles. The van der Waals surface area contributed by atoms with Crippen molar-refractivity contribution in [1.29, 1.82) is 0 Å². The normalized spacial score (nSPS) is 12.2. The van der Waals surface area contributed by atoms with E-state index in [0.29, 0.717) is 12.5 Å². The fourth-order valence-corrected chi connectivity index (χ4v) is 1.55. The van der Waals surface area contributed by atoms with Crippen LogP contribution < -0.4 is 0 Å². The third-order valence-corrected chi connectivity index (χ3v) is 2.94. The van der Waals surface area contributed by atoms with Crippen LogP contribution in [0, 0.1) is 11.7 Å². The van der Waals surface area contributed by atoms with Gasteiger partial charge in [-0.1, -0.05) is 20.3 Å². The Kier molecular flexibility index (Phi) is 5.62. The van der Waals surface area contributed by atoms with E-state index in [1.54, 1.807) is 0 Å². The highest BCUT2D eigenvalue weighted by molar-refractivity contribution is 5.89. The van der Waals surface area contributed by atoms with E-state index in [1.165, 1.54) is 12.1 Å². The average molecular weight is 254 g/mol. The molecule has 4 heteroatoms. The number of aromatic hydroxyl groups is 1. The van der Waals surface area contributed by atoms with Gasteiger partial charge >= 0.3 is 5.97 Å². The monoisotopic (exact) mass is 254 g/mol. The van der Waals surface area contributed by atoms with E-state index in [0.717, 1.165) is 25.3 Å². The van der Waals surface area contributed by atoms with Gasteiger partial charge in [0.05, 0.1) is 12.2 Å². The highest BCUT2D eigenvalue weighted by atomic mass is 19.1. The van der Waals surface area contributed by atoms with Crippen LogP contribution in [-0.4, -0.2) is 17.7 Å². The Bertz CT molecular complexity index is 404. The number of carbonyl (C=O) groups is 1. The molecule has 1 rings (SSSR count). The molecule has 0 aliphatic carbocycles. The number of benzene rings is 1. The lowest BCUT2D eigenvalue weighted by atomic mass is 10.0. The number of phenols is 1. The summed E-state index contributed by atoms with van der Waals surface area (Å²) in [6, 6.07) is 3.39. The third kappa shape index (κ3) is 4.35. The predicted molar refractivity (Wildman–Crippen MR) is 67.0 cm³/mol. The molecule has 0 aliphatic heterocycles. The molecule has 0 saturated heterocycles.